The molecule has 0 radical (unpaired) electrons. The molecule has 1 rings (SSSR count). The van der Waals surface area contributed by atoms with E-state index in [0.717, 1.165) is 0 Å². The van der Waals surface area contributed by atoms with Gasteiger partial charge < -0.3 is 14.6 Å². The quantitative estimate of drug-likeness (QED) is 0.721. The number of benzene rings is 1. The lowest BCUT2D eigenvalue weighted by Gasteiger charge is -2.06. The Morgan fingerprint density at radius 2 is 2.31 bits per heavy atom. The van der Waals surface area contributed by atoms with Crippen molar-refractivity contribution in [1.29, 1.82) is 0 Å². The van der Waals surface area contributed by atoms with E-state index in [-0.39, 0.29) is 5.75 Å². The number of ether oxygens (including phenoxy) is 2. The third-order valence-corrected chi connectivity index (χ3v) is 1.64. The number of aromatic hydroxyl groups is 1. The zero-order valence-corrected chi connectivity index (χ0v) is 7.49. The molecule has 0 saturated heterocycles. The third-order valence-electron chi connectivity index (χ3n) is 1.64. The molecule has 0 heterocycles. The zero-order chi connectivity index (χ0) is 9.68. The van der Waals surface area contributed by atoms with Gasteiger partial charge in [-0.1, -0.05) is 6.58 Å². The molecule has 0 spiro atoms. The van der Waals surface area contributed by atoms with Crippen molar-refractivity contribution >= 4 is 0 Å². The summed E-state index contributed by atoms with van der Waals surface area (Å²) in [5.74, 6) is 0.892. The average Bonchev–Trinajstić information content (AvgIpc) is 2.17. The Morgan fingerprint density at radius 1 is 1.54 bits per heavy atom. The van der Waals surface area contributed by atoms with Gasteiger partial charge in [-0.15, -0.1) is 0 Å². The highest BCUT2D eigenvalue weighted by molar-refractivity contribution is 5.38. The number of phenols is 1. The maximum atomic E-state index is 9.39. The number of hydrogen-bond acceptors (Lipinski definition) is 3. The van der Waals surface area contributed by atoms with Gasteiger partial charge in [0.25, 0.3) is 0 Å². The topological polar surface area (TPSA) is 38.7 Å². The van der Waals surface area contributed by atoms with Crippen LogP contribution in [-0.4, -0.2) is 12.2 Å². The summed E-state index contributed by atoms with van der Waals surface area (Å²) < 4.78 is 9.95. The molecule has 0 aliphatic carbocycles. The van der Waals surface area contributed by atoms with Gasteiger partial charge in [-0.25, -0.2) is 0 Å². The molecule has 0 amide bonds. The van der Waals surface area contributed by atoms with Gasteiger partial charge in [-0.2, -0.15) is 0 Å². The summed E-state index contributed by atoms with van der Waals surface area (Å²) in [7, 11) is 1.57. The number of rotatable bonds is 4. The Balaban J connectivity index is 2.83. The average molecular weight is 180 g/mol. The first kappa shape index (κ1) is 9.45. The van der Waals surface area contributed by atoms with Gasteiger partial charge >= 0.3 is 0 Å². The molecule has 3 heteroatoms. The standard InChI is InChI=1S/C10H12O3/c1-3-13-7-8-6-9(12-2)4-5-10(8)11/h3-6,11H,1,7H2,2H3. The first-order valence-corrected chi connectivity index (χ1v) is 3.86. The highest BCUT2D eigenvalue weighted by Gasteiger charge is 2.02. The van der Waals surface area contributed by atoms with E-state index in [1.807, 2.05) is 0 Å². The highest BCUT2D eigenvalue weighted by Crippen LogP contribution is 2.23. The van der Waals surface area contributed by atoms with Crippen LogP contribution in [0.1, 0.15) is 5.56 Å². The first-order chi connectivity index (χ1) is 6.27. The molecule has 1 aromatic rings. The summed E-state index contributed by atoms with van der Waals surface area (Å²) in [6.07, 6.45) is 1.33. The third kappa shape index (κ3) is 2.40. The van der Waals surface area contributed by atoms with E-state index in [4.69, 9.17) is 9.47 Å². The molecule has 0 bridgehead atoms. The van der Waals surface area contributed by atoms with Crippen molar-refractivity contribution < 1.29 is 14.6 Å². The zero-order valence-electron chi connectivity index (χ0n) is 7.49. The van der Waals surface area contributed by atoms with Crippen LogP contribution in [-0.2, 0) is 11.3 Å². The highest BCUT2D eigenvalue weighted by atomic mass is 16.5. The summed E-state index contributed by atoms with van der Waals surface area (Å²) in [5.41, 5.74) is 0.680. The van der Waals surface area contributed by atoms with Crippen molar-refractivity contribution in [1.82, 2.24) is 0 Å². The van der Waals surface area contributed by atoms with Gasteiger partial charge in [0.15, 0.2) is 0 Å². The lowest BCUT2D eigenvalue weighted by Crippen LogP contribution is -1.89. The normalized spacial score (nSPS) is 9.31. The Hall–Kier alpha value is -1.64. The van der Waals surface area contributed by atoms with Crippen LogP contribution in [0.4, 0.5) is 0 Å². The van der Waals surface area contributed by atoms with Crippen LogP contribution in [0.15, 0.2) is 31.0 Å². The van der Waals surface area contributed by atoms with E-state index in [0.29, 0.717) is 17.9 Å². The van der Waals surface area contributed by atoms with E-state index >= 15 is 0 Å². The van der Waals surface area contributed by atoms with Crippen LogP contribution < -0.4 is 4.74 Å². The maximum absolute atomic E-state index is 9.39. The van der Waals surface area contributed by atoms with Crippen LogP contribution >= 0.6 is 0 Å². The predicted octanol–water partition coefficient (Wildman–Crippen LogP) is 2.06. The fraction of sp³-hybridized carbons (Fsp3) is 0.200. The lowest BCUT2D eigenvalue weighted by molar-refractivity contribution is 0.233. The van der Waals surface area contributed by atoms with Crippen molar-refractivity contribution in [2.24, 2.45) is 0 Å². The van der Waals surface area contributed by atoms with Crippen LogP contribution in [0, 0.1) is 0 Å². The smallest absolute Gasteiger partial charge is 0.122 e. The minimum absolute atomic E-state index is 0.197. The van der Waals surface area contributed by atoms with E-state index < -0.39 is 0 Å². The molecule has 0 aromatic heterocycles. The molecule has 0 unspecified atom stereocenters. The fourth-order valence-corrected chi connectivity index (χ4v) is 0.953. The lowest BCUT2D eigenvalue weighted by atomic mass is 10.2. The largest absolute Gasteiger partial charge is 0.508 e. The van der Waals surface area contributed by atoms with Crippen LogP contribution in [0.3, 0.4) is 0 Å². The molecule has 1 aromatic carbocycles. The SMILES string of the molecule is C=COCc1cc(OC)ccc1O. The predicted molar refractivity (Wildman–Crippen MR) is 49.6 cm³/mol. The van der Waals surface area contributed by atoms with Crippen molar-refractivity contribution in [2.45, 2.75) is 6.61 Å². The maximum Gasteiger partial charge on any atom is 0.122 e. The second-order valence-electron chi connectivity index (χ2n) is 2.47. The fourth-order valence-electron chi connectivity index (χ4n) is 0.953. The van der Waals surface area contributed by atoms with Gasteiger partial charge in [0.1, 0.15) is 18.1 Å². The molecule has 0 aliphatic heterocycles. The summed E-state index contributed by atoms with van der Waals surface area (Å²) in [4.78, 5) is 0. The number of hydrogen-bond donors (Lipinski definition) is 1. The second-order valence-corrected chi connectivity index (χ2v) is 2.47. The Bertz CT molecular complexity index is 294. The number of phenolic OH excluding ortho intramolecular Hbond substituents is 1. The van der Waals surface area contributed by atoms with Crippen molar-refractivity contribution in [3.63, 3.8) is 0 Å². The summed E-state index contributed by atoms with van der Waals surface area (Å²) in [6, 6.07) is 4.98. The van der Waals surface area contributed by atoms with Gasteiger partial charge in [0.2, 0.25) is 0 Å². The van der Waals surface area contributed by atoms with Gasteiger partial charge in [-0.05, 0) is 18.2 Å². The van der Waals surface area contributed by atoms with Crippen molar-refractivity contribution in [3.05, 3.63) is 36.6 Å². The minimum Gasteiger partial charge on any atom is -0.508 e. The van der Waals surface area contributed by atoms with E-state index in [2.05, 4.69) is 6.58 Å². The summed E-state index contributed by atoms with van der Waals surface area (Å²) in [6.45, 7) is 3.71. The Morgan fingerprint density at radius 3 is 2.92 bits per heavy atom. The molecule has 1 N–H and O–H groups in total. The van der Waals surface area contributed by atoms with Crippen molar-refractivity contribution in [3.8, 4) is 11.5 Å². The summed E-state index contributed by atoms with van der Waals surface area (Å²) in [5, 5.41) is 9.39. The Labute approximate surface area is 77.2 Å². The molecule has 13 heavy (non-hydrogen) atoms. The molecule has 0 aliphatic rings. The Kier molecular flexibility index (Phi) is 3.20. The van der Waals surface area contributed by atoms with E-state index in [9.17, 15) is 5.11 Å². The molecular formula is C10H12O3. The molecule has 0 atom stereocenters. The van der Waals surface area contributed by atoms with Crippen LogP contribution in [0.25, 0.3) is 0 Å². The molecule has 0 fully saturated rings. The molecular weight excluding hydrogens is 168 g/mol. The molecule has 0 saturated carbocycles. The van der Waals surface area contributed by atoms with Crippen LogP contribution in [0.5, 0.6) is 11.5 Å². The van der Waals surface area contributed by atoms with E-state index in [1.165, 1.54) is 6.26 Å². The monoisotopic (exact) mass is 180 g/mol. The molecule has 3 nitrogen and oxygen atoms in total. The molecule has 70 valence electrons. The van der Waals surface area contributed by atoms with Gasteiger partial charge in [0, 0.05) is 5.56 Å². The van der Waals surface area contributed by atoms with Gasteiger partial charge in [-0.3, -0.25) is 0 Å². The number of methoxy groups -OCH3 is 1. The van der Waals surface area contributed by atoms with Crippen LogP contribution in [0.2, 0.25) is 0 Å². The second kappa shape index (κ2) is 4.40. The summed E-state index contributed by atoms with van der Waals surface area (Å²) >= 11 is 0. The van der Waals surface area contributed by atoms with Crippen molar-refractivity contribution in [2.75, 3.05) is 7.11 Å². The minimum atomic E-state index is 0.197. The van der Waals surface area contributed by atoms with Gasteiger partial charge in [0.05, 0.1) is 13.4 Å². The van der Waals surface area contributed by atoms with E-state index in [1.54, 1.807) is 25.3 Å². The first-order valence-electron chi connectivity index (χ1n) is 3.86.